The lowest BCUT2D eigenvalue weighted by Gasteiger charge is -1.96. The zero-order valence-corrected chi connectivity index (χ0v) is 5.66. The number of hydrogen-bond donors (Lipinski definition) is 0. The van der Waals surface area contributed by atoms with Gasteiger partial charge in [0.2, 0.25) is 0 Å². The van der Waals surface area contributed by atoms with Crippen LogP contribution in [0.4, 0.5) is 0 Å². The lowest BCUT2D eigenvalue weighted by Crippen LogP contribution is -1.81. The van der Waals surface area contributed by atoms with Crippen LogP contribution in [0.5, 0.6) is 5.75 Å². The highest BCUT2D eigenvalue weighted by atomic mass is 16.5. The fraction of sp³-hybridized carbons (Fsp3) is 0.125. The van der Waals surface area contributed by atoms with E-state index in [0.29, 0.717) is 5.56 Å². The lowest BCUT2D eigenvalue weighted by molar-refractivity contribution is 0.415. The fourth-order valence-electron chi connectivity index (χ4n) is 0.666. The Labute approximate surface area is 59.7 Å². The second-order valence-electron chi connectivity index (χ2n) is 1.84. The third-order valence-electron chi connectivity index (χ3n) is 1.22. The van der Waals surface area contributed by atoms with E-state index < -0.39 is 0 Å². The molecule has 0 heterocycles. The second kappa shape index (κ2) is 2.88. The molecule has 0 bridgehead atoms. The quantitative estimate of drug-likeness (QED) is 0.546. The van der Waals surface area contributed by atoms with Crippen LogP contribution in [0.1, 0.15) is 5.56 Å². The number of hydrogen-bond acceptors (Lipinski definition) is 2. The summed E-state index contributed by atoms with van der Waals surface area (Å²) in [5.41, 5.74) is 0.654. The molecule has 0 aliphatic rings. The molecule has 0 saturated heterocycles. The Kier molecular flexibility index (Phi) is 1.91. The zero-order valence-electron chi connectivity index (χ0n) is 5.66. The standard InChI is InChI=1S/C8H7NO/c1-10-8-4-2-7(6-9)3-5-8/h2-5H,1H3/i6+1. The Morgan fingerprint density at radius 3 is 2.30 bits per heavy atom. The van der Waals surface area contributed by atoms with E-state index >= 15 is 0 Å². The van der Waals surface area contributed by atoms with Crippen molar-refractivity contribution < 1.29 is 4.74 Å². The number of ether oxygens (including phenoxy) is 1. The smallest absolute Gasteiger partial charge is 0.118 e. The van der Waals surface area contributed by atoms with Crippen LogP contribution in [0, 0.1) is 11.3 Å². The number of nitrogens with zero attached hydrogens (tertiary/aromatic N) is 1. The van der Waals surface area contributed by atoms with Crippen molar-refractivity contribution in [2.75, 3.05) is 7.11 Å². The molecule has 10 heavy (non-hydrogen) atoms. The van der Waals surface area contributed by atoms with Gasteiger partial charge in [0.15, 0.2) is 0 Å². The molecule has 2 heteroatoms. The van der Waals surface area contributed by atoms with E-state index in [2.05, 4.69) is 0 Å². The first-order valence-corrected chi connectivity index (χ1v) is 2.91. The molecule has 1 aromatic rings. The minimum absolute atomic E-state index is 0.654. The molecule has 1 aromatic carbocycles. The van der Waals surface area contributed by atoms with Gasteiger partial charge in [-0.25, -0.2) is 0 Å². The fourth-order valence-corrected chi connectivity index (χ4v) is 0.666. The van der Waals surface area contributed by atoms with Crippen molar-refractivity contribution in [1.82, 2.24) is 0 Å². The van der Waals surface area contributed by atoms with Crippen LogP contribution >= 0.6 is 0 Å². The molecular formula is C8H7NO. The number of rotatable bonds is 1. The largest absolute Gasteiger partial charge is 0.497 e. The zero-order chi connectivity index (χ0) is 7.40. The van der Waals surface area contributed by atoms with Crippen molar-refractivity contribution in [3.8, 4) is 11.8 Å². The molecule has 0 fully saturated rings. The molecule has 0 unspecified atom stereocenters. The van der Waals surface area contributed by atoms with Gasteiger partial charge in [0.25, 0.3) is 0 Å². The van der Waals surface area contributed by atoms with E-state index in [-0.39, 0.29) is 0 Å². The van der Waals surface area contributed by atoms with E-state index in [9.17, 15) is 0 Å². The van der Waals surface area contributed by atoms with Gasteiger partial charge in [-0.15, -0.1) is 0 Å². The highest BCUT2D eigenvalue weighted by Gasteiger charge is 1.89. The lowest BCUT2D eigenvalue weighted by atomic mass is 10.3. The molecule has 2 nitrogen and oxygen atoms in total. The highest BCUT2D eigenvalue weighted by Crippen LogP contribution is 2.09. The van der Waals surface area contributed by atoms with Gasteiger partial charge in [-0.05, 0) is 24.3 Å². The van der Waals surface area contributed by atoms with E-state index in [1.54, 1.807) is 31.4 Å². The maximum atomic E-state index is 8.41. The molecule has 50 valence electrons. The Balaban J connectivity index is 2.93. The van der Waals surface area contributed by atoms with Crippen molar-refractivity contribution in [2.45, 2.75) is 0 Å². The van der Waals surface area contributed by atoms with Gasteiger partial charge < -0.3 is 4.74 Å². The summed E-state index contributed by atoms with van der Waals surface area (Å²) in [6, 6.07) is 8.99. The molecule has 1 rings (SSSR count). The summed E-state index contributed by atoms with van der Waals surface area (Å²) in [6.45, 7) is 0. The van der Waals surface area contributed by atoms with Gasteiger partial charge in [-0.3, -0.25) is 0 Å². The first-order valence-electron chi connectivity index (χ1n) is 2.91. The molecule has 0 aliphatic heterocycles. The summed E-state index contributed by atoms with van der Waals surface area (Å²) < 4.78 is 4.90. The van der Waals surface area contributed by atoms with E-state index in [4.69, 9.17) is 10.00 Å². The minimum atomic E-state index is 0.654. The molecule has 0 N–H and O–H groups in total. The van der Waals surface area contributed by atoms with Crippen LogP contribution in [0.3, 0.4) is 0 Å². The van der Waals surface area contributed by atoms with Crippen molar-refractivity contribution in [2.24, 2.45) is 0 Å². The highest BCUT2D eigenvalue weighted by molar-refractivity contribution is 5.34. The van der Waals surface area contributed by atoms with Crippen LogP contribution < -0.4 is 4.74 Å². The summed E-state index contributed by atoms with van der Waals surface area (Å²) in [6.07, 6.45) is 0. The molecule has 0 spiro atoms. The van der Waals surface area contributed by atoms with E-state index in [1.807, 2.05) is 6.07 Å². The Bertz CT molecular complexity index is 245. The first-order chi connectivity index (χ1) is 4.86. The SMILES string of the molecule is COc1ccc([13C]#N)cc1. The van der Waals surface area contributed by atoms with Crippen LogP contribution in [-0.4, -0.2) is 7.11 Å². The average molecular weight is 134 g/mol. The van der Waals surface area contributed by atoms with Crippen LogP contribution in [0.15, 0.2) is 24.3 Å². The molecule has 0 atom stereocenters. The summed E-state index contributed by atoms with van der Waals surface area (Å²) in [5.74, 6) is 0.777. The normalized spacial score (nSPS) is 8.40. The number of benzene rings is 1. The average Bonchev–Trinajstić information content (AvgIpc) is 2.05. The molecule has 0 aliphatic carbocycles. The predicted molar refractivity (Wildman–Crippen MR) is 37.7 cm³/mol. The topological polar surface area (TPSA) is 33.0 Å². The summed E-state index contributed by atoms with van der Waals surface area (Å²) in [4.78, 5) is 0. The van der Waals surface area contributed by atoms with Crippen LogP contribution in [0.2, 0.25) is 0 Å². The summed E-state index contributed by atoms with van der Waals surface area (Å²) >= 11 is 0. The van der Waals surface area contributed by atoms with Crippen molar-refractivity contribution in [3.05, 3.63) is 29.8 Å². The van der Waals surface area contributed by atoms with Gasteiger partial charge in [0.05, 0.1) is 18.7 Å². The number of nitriles is 1. The van der Waals surface area contributed by atoms with Crippen molar-refractivity contribution in [3.63, 3.8) is 0 Å². The Morgan fingerprint density at radius 2 is 1.90 bits per heavy atom. The van der Waals surface area contributed by atoms with Gasteiger partial charge in [0.1, 0.15) is 5.75 Å². The molecule has 0 amide bonds. The number of methoxy groups -OCH3 is 1. The Hall–Kier alpha value is -1.49. The predicted octanol–water partition coefficient (Wildman–Crippen LogP) is 1.57. The third kappa shape index (κ3) is 1.26. The van der Waals surface area contributed by atoms with E-state index in [0.717, 1.165) is 5.75 Å². The maximum absolute atomic E-state index is 8.41. The van der Waals surface area contributed by atoms with Gasteiger partial charge in [-0.1, -0.05) is 0 Å². The van der Waals surface area contributed by atoms with Gasteiger partial charge in [0, 0.05) is 0 Å². The monoisotopic (exact) mass is 134 g/mol. The van der Waals surface area contributed by atoms with E-state index in [1.165, 1.54) is 0 Å². The van der Waals surface area contributed by atoms with Crippen LogP contribution in [-0.2, 0) is 0 Å². The molecule has 0 aromatic heterocycles. The van der Waals surface area contributed by atoms with Gasteiger partial charge in [-0.2, -0.15) is 5.26 Å². The maximum Gasteiger partial charge on any atom is 0.118 e. The first kappa shape index (κ1) is 6.63. The molecular weight excluding hydrogens is 127 g/mol. The Morgan fingerprint density at radius 1 is 1.30 bits per heavy atom. The van der Waals surface area contributed by atoms with Crippen molar-refractivity contribution >= 4 is 0 Å². The summed E-state index contributed by atoms with van der Waals surface area (Å²) in [5, 5.41) is 8.41. The molecule has 0 radical (unpaired) electrons. The van der Waals surface area contributed by atoms with Crippen molar-refractivity contribution in [1.29, 1.82) is 5.26 Å². The van der Waals surface area contributed by atoms with Crippen LogP contribution in [0.25, 0.3) is 0 Å². The van der Waals surface area contributed by atoms with Gasteiger partial charge >= 0.3 is 0 Å². The second-order valence-corrected chi connectivity index (χ2v) is 1.84. The minimum Gasteiger partial charge on any atom is -0.497 e. The third-order valence-corrected chi connectivity index (χ3v) is 1.22. The summed E-state index contributed by atoms with van der Waals surface area (Å²) in [7, 11) is 1.60. The molecule has 0 saturated carbocycles.